The summed E-state index contributed by atoms with van der Waals surface area (Å²) in [5.41, 5.74) is 4.94. The Morgan fingerprint density at radius 2 is 1.66 bits per heavy atom. The summed E-state index contributed by atoms with van der Waals surface area (Å²) in [5.74, 6) is 2.37. The Labute approximate surface area is 290 Å². The number of halogens is 2. The third-order valence-electron chi connectivity index (χ3n) is 7.55. The molecule has 0 fully saturated rings. The number of aromatic nitrogens is 2. The molecule has 0 N–H and O–H groups in total. The van der Waals surface area contributed by atoms with Gasteiger partial charge in [0.15, 0.2) is 17.3 Å². The molecule has 0 unspecified atom stereocenters. The predicted molar refractivity (Wildman–Crippen MR) is 193 cm³/mol. The first kappa shape index (κ1) is 33.9. The van der Waals surface area contributed by atoms with Crippen LogP contribution in [0.1, 0.15) is 61.4 Å². The fourth-order valence-electron chi connectivity index (χ4n) is 5.20. The summed E-state index contributed by atoms with van der Waals surface area (Å²) < 4.78 is 20.7. The number of para-hydroxylation sites is 1. The van der Waals surface area contributed by atoms with Gasteiger partial charge in [-0.25, -0.2) is 4.98 Å². The van der Waals surface area contributed by atoms with Crippen LogP contribution in [0.4, 0.5) is 0 Å². The van der Waals surface area contributed by atoms with Gasteiger partial charge in [0.25, 0.3) is 5.56 Å². The minimum Gasteiger partial charge on any atom is -0.494 e. The summed E-state index contributed by atoms with van der Waals surface area (Å²) in [6, 6.07) is 22.6. The van der Waals surface area contributed by atoms with Gasteiger partial charge in [0.1, 0.15) is 12.4 Å². The Balaban J connectivity index is 1.63. The maximum atomic E-state index is 14.0. The number of benzene rings is 4. The number of hydrogen-bond acceptors (Lipinski definition) is 7. The van der Waals surface area contributed by atoms with Crippen molar-refractivity contribution < 1.29 is 14.2 Å². The van der Waals surface area contributed by atoms with E-state index in [9.17, 15) is 10.1 Å². The maximum Gasteiger partial charge on any atom is 0.282 e. The van der Waals surface area contributed by atoms with Crippen LogP contribution >= 0.6 is 31.9 Å². The summed E-state index contributed by atoms with van der Waals surface area (Å²) in [7, 11) is 0. The van der Waals surface area contributed by atoms with Crippen LogP contribution < -0.4 is 19.8 Å². The van der Waals surface area contributed by atoms with E-state index in [0.717, 1.165) is 28.0 Å². The monoisotopic (exact) mass is 756 g/mol. The van der Waals surface area contributed by atoms with Crippen molar-refractivity contribution in [3.8, 4) is 34.7 Å². The molecular weight excluding hydrogens is 724 g/mol. The molecule has 5 rings (SSSR count). The van der Waals surface area contributed by atoms with E-state index in [1.54, 1.807) is 24.4 Å². The number of aryl methyl sites for hydroxylation is 1. The van der Waals surface area contributed by atoms with E-state index >= 15 is 0 Å². The van der Waals surface area contributed by atoms with E-state index in [1.165, 1.54) is 4.68 Å². The number of fused-ring (bicyclic) bond motifs is 1. The van der Waals surface area contributed by atoms with Gasteiger partial charge in [0, 0.05) is 21.2 Å². The lowest BCUT2D eigenvalue weighted by molar-refractivity contribution is 0.267. The summed E-state index contributed by atoms with van der Waals surface area (Å²) in [4.78, 5) is 18.9. The number of ether oxygens (including phenoxy) is 3. The van der Waals surface area contributed by atoms with Crippen molar-refractivity contribution in [2.24, 2.45) is 5.10 Å². The van der Waals surface area contributed by atoms with Gasteiger partial charge in [-0.05, 0) is 106 Å². The topological polar surface area (TPSA) is 98.7 Å². The van der Waals surface area contributed by atoms with Crippen molar-refractivity contribution in [1.29, 1.82) is 5.26 Å². The lowest BCUT2D eigenvalue weighted by Gasteiger charge is -2.18. The smallest absolute Gasteiger partial charge is 0.282 e. The minimum absolute atomic E-state index is 0.170. The summed E-state index contributed by atoms with van der Waals surface area (Å²) >= 11 is 7.35. The van der Waals surface area contributed by atoms with Gasteiger partial charge in [-0.15, -0.1) is 0 Å². The van der Waals surface area contributed by atoms with Crippen LogP contribution in [-0.4, -0.2) is 29.1 Å². The largest absolute Gasteiger partial charge is 0.494 e. The van der Waals surface area contributed by atoms with E-state index in [2.05, 4.69) is 51.8 Å². The molecule has 0 spiro atoms. The third-order valence-corrected chi connectivity index (χ3v) is 9.69. The molecule has 4 aromatic carbocycles. The van der Waals surface area contributed by atoms with E-state index in [-0.39, 0.29) is 18.1 Å². The molecule has 0 atom stereocenters. The molecule has 0 bridgehead atoms. The maximum absolute atomic E-state index is 14.0. The Kier molecular flexibility index (Phi) is 10.8. The summed E-state index contributed by atoms with van der Waals surface area (Å²) in [5, 5.41) is 14.7. The predicted octanol–water partition coefficient (Wildman–Crippen LogP) is 9.15. The van der Waals surface area contributed by atoms with E-state index in [0.29, 0.717) is 61.5 Å². The van der Waals surface area contributed by atoms with Crippen molar-refractivity contribution in [2.75, 3.05) is 13.2 Å². The van der Waals surface area contributed by atoms with Crippen molar-refractivity contribution in [1.82, 2.24) is 9.66 Å². The molecule has 0 aliphatic heterocycles. The normalized spacial score (nSPS) is 11.3. The first-order chi connectivity index (χ1) is 22.7. The highest BCUT2D eigenvalue weighted by atomic mass is 79.9. The van der Waals surface area contributed by atoms with Gasteiger partial charge in [0.05, 0.1) is 46.4 Å². The second-order valence-corrected chi connectivity index (χ2v) is 12.6. The molecule has 5 aromatic rings. The first-order valence-electron chi connectivity index (χ1n) is 15.3. The lowest BCUT2D eigenvalue weighted by atomic mass is 9.96. The molecule has 0 saturated heterocycles. The number of hydrogen-bond donors (Lipinski definition) is 0. The van der Waals surface area contributed by atoms with Crippen molar-refractivity contribution >= 4 is 49.0 Å². The highest BCUT2D eigenvalue weighted by Gasteiger charge is 2.20. The molecule has 10 heteroatoms. The van der Waals surface area contributed by atoms with E-state index in [4.69, 9.17) is 24.3 Å². The molecule has 0 aliphatic rings. The second kappa shape index (κ2) is 15.0. The molecule has 1 heterocycles. The molecular formula is C37H34Br2N4O4. The zero-order chi connectivity index (χ0) is 33.7. The van der Waals surface area contributed by atoms with Crippen molar-refractivity contribution in [2.45, 2.75) is 47.1 Å². The molecule has 0 aliphatic carbocycles. The molecule has 0 amide bonds. The Morgan fingerprint density at radius 3 is 2.38 bits per heavy atom. The summed E-state index contributed by atoms with van der Waals surface area (Å²) in [6.07, 6.45) is 1.60. The standard InChI is InChI=1S/C37H34Br2N4O4/c1-6-45-31-16-23(5)29(18-28(31)22(3)4)36-42-30-15-11-10-14-27(30)37(44)43(36)41-20-26-17-32(46-7-2)35(34(39)33(26)38)47-21-25-13-9-8-12-24(25)19-40/h8-18,20,22H,6-7,21H2,1-5H3. The molecule has 0 saturated carbocycles. The average molecular weight is 759 g/mol. The fourth-order valence-corrected chi connectivity index (χ4v) is 6.13. The minimum atomic E-state index is -0.294. The van der Waals surface area contributed by atoms with Gasteiger partial charge in [-0.1, -0.05) is 44.2 Å². The van der Waals surface area contributed by atoms with Gasteiger partial charge in [-0.2, -0.15) is 15.0 Å². The van der Waals surface area contributed by atoms with Crippen molar-refractivity contribution in [3.05, 3.63) is 114 Å². The Hall–Kier alpha value is -4.46. The van der Waals surface area contributed by atoms with Gasteiger partial charge in [-0.3, -0.25) is 4.79 Å². The quantitative estimate of drug-likeness (QED) is 0.125. The SMILES string of the molecule is CCOc1cc(C)c(-c2nc3ccccc3c(=O)n2N=Cc2cc(OCC)c(OCc3ccccc3C#N)c(Br)c2Br)cc1C(C)C. The molecule has 47 heavy (non-hydrogen) atoms. The third kappa shape index (κ3) is 7.11. The van der Waals surface area contributed by atoms with E-state index in [1.807, 2.05) is 69.3 Å². The van der Waals surface area contributed by atoms with Gasteiger partial charge >= 0.3 is 0 Å². The molecule has 0 radical (unpaired) electrons. The Bertz CT molecular complexity index is 2080. The van der Waals surface area contributed by atoms with Crippen LogP contribution in [0.3, 0.4) is 0 Å². The number of rotatable bonds is 11. The van der Waals surface area contributed by atoms with Crippen molar-refractivity contribution in [3.63, 3.8) is 0 Å². The van der Waals surface area contributed by atoms with Crippen LogP contribution in [-0.2, 0) is 6.61 Å². The highest BCUT2D eigenvalue weighted by Crippen LogP contribution is 2.43. The molecule has 8 nitrogen and oxygen atoms in total. The van der Waals surface area contributed by atoms with Crippen LogP contribution in [0.2, 0.25) is 0 Å². The Morgan fingerprint density at radius 1 is 0.957 bits per heavy atom. The van der Waals surface area contributed by atoms with E-state index < -0.39 is 0 Å². The zero-order valence-electron chi connectivity index (χ0n) is 26.8. The van der Waals surface area contributed by atoms with Gasteiger partial charge in [0.2, 0.25) is 0 Å². The number of nitrogens with zero attached hydrogens (tertiary/aromatic N) is 4. The summed E-state index contributed by atoms with van der Waals surface area (Å²) in [6.45, 7) is 11.2. The average Bonchev–Trinajstić information content (AvgIpc) is 3.06. The first-order valence-corrected chi connectivity index (χ1v) is 16.9. The lowest BCUT2D eigenvalue weighted by Crippen LogP contribution is -2.21. The van der Waals surface area contributed by atoms with Crippen LogP contribution in [0, 0.1) is 18.3 Å². The molecule has 240 valence electrons. The zero-order valence-corrected chi connectivity index (χ0v) is 30.0. The van der Waals surface area contributed by atoms with Crippen LogP contribution in [0.5, 0.6) is 17.2 Å². The number of nitriles is 1. The van der Waals surface area contributed by atoms with Gasteiger partial charge < -0.3 is 14.2 Å². The van der Waals surface area contributed by atoms with Crippen LogP contribution in [0.15, 0.2) is 85.6 Å². The molecule has 1 aromatic heterocycles. The fraction of sp³-hybridized carbons (Fsp3) is 0.243. The van der Waals surface area contributed by atoms with Crippen LogP contribution in [0.25, 0.3) is 22.3 Å². The highest BCUT2D eigenvalue weighted by molar-refractivity contribution is 9.13. The second-order valence-electron chi connectivity index (χ2n) is 11.0.